The lowest BCUT2D eigenvalue weighted by molar-refractivity contribution is 0.282. The van der Waals surface area contributed by atoms with E-state index in [9.17, 15) is 5.11 Å². The Labute approximate surface area is 154 Å². The van der Waals surface area contributed by atoms with Crippen molar-refractivity contribution in [3.05, 3.63) is 84.7 Å². The van der Waals surface area contributed by atoms with E-state index >= 15 is 0 Å². The Morgan fingerprint density at radius 1 is 0.846 bits per heavy atom. The molecular weight excluding hydrogens is 320 g/mol. The second kappa shape index (κ2) is 8.37. The quantitative estimate of drug-likeness (QED) is 0.536. The van der Waals surface area contributed by atoms with E-state index in [4.69, 9.17) is 4.98 Å². The van der Waals surface area contributed by atoms with Crippen molar-refractivity contribution in [2.45, 2.75) is 20.5 Å². The Hall–Kier alpha value is -3.04. The van der Waals surface area contributed by atoms with E-state index in [0.717, 1.165) is 38.9 Å². The van der Waals surface area contributed by atoms with Crippen molar-refractivity contribution in [3.63, 3.8) is 0 Å². The SMILES string of the molecule is CC.OCc1ccc(-c2nc3cnccc3cc2-c2ccccc2)cc1. The highest BCUT2D eigenvalue weighted by molar-refractivity contribution is 5.91. The van der Waals surface area contributed by atoms with Crippen LogP contribution in [0.4, 0.5) is 0 Å². The molecule has 2 aromatic heterocycles. The van der Waals surface area contributed by atoms with Gasteiger partial charge in [0.2, 0.25) is 0 Å². The zero-order valence-electron chi connectivity index (χ0n) is 15.1. The van der Waals surface area contributed by atoms with Gasteiger partial charge < -0.3 is 5.11 Å². The molecule has 1 N–H and O–H groups in total. The molecule has 2 heterocycles. The maximum Gasteiger partial charge on any atom is 0.0893 e. The summed E-state index contributed by atoms with van der Waals surface area (Å²) in [6.07, 6.45) is 3.57. The standard InChI is InChI=1S/C21H16N2O.C2H6/c24-14-15-6-8-17(9-7-15)21-19(16-4-2-1-3-5-16)12-18-10-11-22-13-20(18)23-21;1-2/h1-13,24H,14H2;1-2H3. The average molecular weight is 342 g/mol. The van der Waals surface area contributed by atoms with Crippen LogP contribution in [0.2, 0.25) is 0 Å². The number of hydrogen-bond acceptors (Lipinski definition) is 3. The molecule has 0 aliphatic heterocycles. The summed E-state index contributed by atoms with van der Waals surface area (Å²) < 4.78 is 0. The first-order valence-corrected chi connectivity index (χ1v) is 8.85. The van der Waals surface area contributed by atoms with Gasteiger partial charge in [-0.15, -0.1) is 0 Å². The molecule has 26 heavy (non-hydrogen) atoms. The molecule has 4 rings (SSSR count). The van der Waals surface area contributed by atoms with Crippen molar-refractivity contribution in [1.82, 2.24) is 9.97 Å². The van der Waals surface area contributed by atoms with E-state index in [1.165, 1.54) is 0 Å². The van der Waals surface area contributed by atoms with Gasteiger partial charge in [0.15, 0.2) is 0 Å². The fourth-order valence-corrected chi connectivity index (χ4v) is 2.84. The molecule has 0 atom stereocenters. The van der Waals surface area contributed by atoms with E-state index in [2.05, 4.69) is 23.2 Å². The molecule has 0 spiro atoms. The number of benzene rings is 2. The Kier molecular flexibility index (Phi) is 5.72. The van der Waals surface area contributed by atoms with Crippen molar-refractivity contribution < 1.29 is 5.11 Å². The number of aromatic nitrogens is 2. The maximum absolute atomic E-state index is 9.25. The Morgan fingerprint density at radius 2 is 1.58 bits per heavy atom. The highest BCUT2D eigenvalue weighted by atomic mass is 16.3. The monoisotopic (exact) mass is 342 g/mol. The van der Waals surface area contributed by atoms with Crippen LogP contribution in [0, 0.1) is 0 Å². The molecule has 2 aromatic carbocycles. The third kappa shape index (κ3) is 3.63. The van der Waals surface area contributed by atoms with E-state index in [-0.39, 0.29) is 6.61 Å². The molecule has 4 aromatic rings. The van der Waals surface area contributed by atoms with Crippen LogP contribution in [-0.4, -0.2) is 15.1 Å². The van der Waals surface area contributed by atoms with E-state index in [0.29, 0.717) is 0 Å². The Morgan fingerprint density at radius 3 is 2.27 bits per heavy atom. The van der Waals surface area contributed by atoms with Gasteiger partial charge in [-0.1, -0.05) is 68.4 Å². The molecular formula is C23H22N2O. The van der Waals surface area contributed by atoms with Crippen molar-refractivity contribution in [2.75, 3.05) is 0 Å². The molecule has 3 nitrogen and oxygen atoms in total. The van der Waals surface area contributed by atoms with Crippen molar-refractivity contribution >= 4 is 10.9 Å². The van der Waals surface area contributed by atoms with Crippen LogP contribution in [0.25, 0.3) is 33.3 Å². The smallest absolute Gasteiger partial charge is 0.0893 e. The fraction of sp³-hybridized carbons (Fsp3) is 0.130. The molecule has 0 saturated carbocycles. The lowest BCUT2D eigenvalue weighted by Gasteiger charge is -2.11. The molecule has 3 heteroatoms. The number of fused-ring (bicyclic) bond motifs is 1. The van der Waals surface area contributed by atoms with Crippen molar-refractivity contribution in [3.8, 4) is 22.4 Å². The molecule has 0 amide bonds. The molecule has 0 radical (unpaired) electrons. The molecule has 130 valence electrons. The number of aliphatic hydroxyl groups excluding tert-OH is 1. The van der Waals surface area contributed by atoms with Crippen LogP contribution in [-0.2, 0) is 6.61 Å². The van der Waals surface area contributed by atoms with Crippen LogP contribution in [0.15, 0.2) is 79.1 Å². The lowest BCUT2D eigenvalue weighted by Crippen LogP contribution is -1.92. The summed E-state index contributed by atoms with van der Waals surface area (Å²) in [5.41, 5.74) is 5.93. The highest BCUT2D eigenvalue weighted by Gasteiger charge is 2.11. The first kappa shape index (κ1) is 17.8. The van der Waals surface area contributed by atoms with Gasteiger partial charge in [-0.25, -0.2) is 4.98 Å². The van der Waals surface area contributed by atoms with Gasteiger partial charge in [-0.2, -0.15) is 0 Å². The topological polar surface area (TPSA) is 46.0 Å². The predicted octanol–water partition coefficient (Wildman–Crippen LogP) is 5.48. The van der Waals surface area contributed by atoms with Gasteiger partial charge in [0.1, 0.15) is 0 Å². The first-order chi connectivity index (χ1) is 12.8. The number of nitrogens with zero attached hydrogens (tertiary/aromatic N) is 2. The summed E-state index contributed by atoms with van der Waals surface area (Å²) >= 11 is 0. The molecule has 0 aliphatic rings. The van der Waals surface area contributed by atoms with Gasteiger partial charge in [0.25, 0.3) is 0 Å². The van der Waals surface area contributed by atoms with Crippen molar-refractivity contribution in [1.29, 1.82) is 0 Å². The third-order valence-electron chi connectivity index (χ3n) is 4.11. The van der Waals surface area contributed by atoms with Crippen LogP contribution < -0.4 is 0 Å². The molecule has 0 saturated heterocycles. The third-order valence-corrected chi connectivity index (χ3v) is 4.11. The zero-order valence-corrected chi connectivity index (χ0v) is 15.1. The number of hydrogen-bond donors (Lipinski definition) is 1. The van der Waals surface area contributed by atoms with Gasteiger partial charge in [-0.05, 0) is 23.3 Å². The number of pyridine rings is 2. The van der Waals surface area contributed by atoms with Gasteiger partial charge in [0, 0.05) is 22.7 Å². The lowest BCUT2D eigenvalue weighted by atomic mass is 9.97. The summed E-state index contributed by atoms with van der Waals surface area (Å²) in [5, 5.41) is 10.3. The van der Waals surface area contributed by atoms with Crippen molar-refractivity contribution in [2.24, 2.45) is 0 Å². The number of rotatable bonds is 3. The van der Waals surface area contributed by atoms with E-state index in [1.807, 2.05) is 62.4 Å². The van der Waals surface area contributed by atoms with E-state index in [1.54, 1.807) is 12.4 Å². The zero-order chi connectivity index (χ0) is 18.4. The minimum Gasteiger partial charge on any atom is -0.392 e. The van der Waals surface area contributed by atoms with Gasteiger partial charge >= 0.3 is 0 Å². The minimum atomic E-state index is 0.0426. The molecule has 0 fully saturated rings. The summed E-state index contributed by atoms with van der Waals surface area (Å²) in [4.78, 5) is 9.03. The Bertz CT molecular complexity index is 980. The Balaban J connectivity index is 0.000000948. The number of aliphatic hydroxyl groups is 1. The highest BCUT2D eigenvalue weighted by Crippen LogP contribution is 2.33. The summed E-state index contributed by atoms with van der Waals surface area (Å²) in [5.74, 6) is 0. The van der Waals surface area contributed by atoms with Crippen LogP contribution >= 0.6 is 0 Å². The van der Waals surface area contributed by atoms with Crippen LogP contribution in [0.5, 0.6) is 0 Å². The summed E-state index contributed by atoms with van der Waals surface area (Å²) in [6, 6.07) is 22.3. The second-order valence-electron chi connectivity index (χ2n) is 5.67. The minimum absolute atomic E-state index is 0.0426. The summed E-state index contributed by atoms with van der Waals surface area (Å²) in [7, 11) is 0. The largest absolute Gasteiger partial charge is 0.392 e. The predicted molar refractivity (Wildman–Crippen MR) is 108 cm³/mol. The molecule has 0 unspecified atom stereocenters. The normalized spacial score (nSPS) is 10.3. The molecule has 0 aliphatic carbocycles. The van der Waals surface area contributed by atoms with E-state index < -0.39 is 0 Å². The summed E-state index contributed by atoms with van der Waals surface area (Å²) in [6.45, 7) is 4.04. The van der Waals surface area contributed by atoms with Crippen LogP contribution in [0.3, 0.4) is 0 Å². The average Bonchev–Trinajstić information content (AvgIpc) is 2.75. The first-order valence-electron chi connectivity index (χ1n) is 8.85. The second-order valence-corrected chi connectivity index (χ2v) is 5.67. The van der Waals surface area contributed by atoms with Crippen LogP contribution in [0.1, 0.15) is 19.4 Å². The molecule has 0 bridgehead atoms. The fourth-order valence-electron chi connectivity index (χ4n) is 2.84. The van der Waals surface area contributed by atoms with Gasteiger partial charge in [0.05, 0.1) is 24.0 Å². The maximum atomic E-state index is 9.25. The van der Waals surface area contributed by atoms with Gasteiger partial charge in [-0.3, -0.25) is 4.98 Å².